The lowest BCUT2D eigenvalue weighted by Gasteiger charge is -2.24. The summed E-state index contributed by atoms with van der Waals surface area (Å²) in [5.41, 5.74) is 2.44. The Morgan fingerprint density at radius 2 is 1.96 bits per heavy atom. The highest BCUT2D eigenvalue weighted by molar-refractivity contribution is 6.33. The average molecular weight is 399 g/mol. The fourth-order valence-corrected chi connectivity index (χ4v) is 3.39. The molecule has 0 spiro atoms. The number of fused-ring (bicyclic) bond motifs is 1. The van der Waals surface area contributed by atoms with Crippen LogP contribution < -0.4 is 10.6 Å². The van der Waals surface area contributed by atoms with E-state index in [4.69, 9.17) is 11.6 Å². The minimum atomic E-state index is -0.826. The molecule has 0 radical (unpaired) electrons. The molecule has 0 bridgehead atoms. The van der Waals surface area contributed by atoms with E-state index in [1.54, 1.807) is 43.3 Å². The van der Waals surface area contributed by atoms with Gasteiger partial charge in [-0.05, 0) is 43.3 Å². The molecule has 2 aromatic carbocycles. The quantitative estimate of drug-likeness (QED) is 0.695. The van der Waals surface area contributed by atoms with Gasteiger partial charge in [-0.1, -0.05) is 23.7 Å². The van der Waals surface area contributed by atoms with Crippen LogP contribution in [-0.2, 0) is 9.59 Å². The Bertz CT molecular complexity index is 1080. The topological polar surface area (TPSA) is 76.0 Å². The van der Waals surface area contributed by atoms with Gasteiger partial charge in [0.25, 0.3) is 0 Å². The summed E-state index contributed by atoms with van der Waals surface area (Å²) < 4.78 is 14.7. The zero-order chi connectivity index (χ0) is 19.8. The number of hydrogen-bond acceptors (Lipinski definition) is 3. The molecule has 28 heavy (non-hydrogen) atoms. The summed E-state index contributed by atoms with van der Waals surface area (Å²) in [6.07, 6.45) is -0.0483. The molecule has 1 atom stereocenters. The molecule has 0 saturated carbocycles. The molecule has 2 amide bonds. The van der Waals surface area contributed by atoms with Crippen LogP contribution in [0.2, 0.25) is 5.02 Å². The Labute approximate surface area is 165 Å². The van der Waals surface area contributed by atoms with Crippen LogP contribution in [0.5, 0.6) is 0 Å². The molecule has 0 saturated heterocycles. The molecule has 142 valence electrons. The number of halogens is 2. The van der Waals surface area contributed by atoms with Crippen LogP contribution in [0.4, 0.5) is 15.9 Å². The van der Waals surface area contributed by atoms with Gasteiger partial charge >= 0.3 is 0 Å². The lowest BCUT2D eigenvalue weighted by molar-refractivity contribution is -0.125. The third-order valence-corrected chi connectivity index (χ3v) is 4.96. The minimum absolute atomic E-state index is 0.0483. The van der Waals surface area contributed by atoms with Crippen molar-refractivity contribution in [3.63, 3.8) is 0 Å². The van der Waals surface area contributed by atoms with E-state index in [1.807, 2.05) is 0 Å². The van der Waals surface area contributed by atoms with Crippen molar-refractivity contribution < 1.29 is 14.0 Å². The van der Waals surface area contributed by atoms with Crippen LogP contribution in [0.3, 0.4) is 0 Å². The minimum Gasteiger partial charge on any atom is -0.323 e. The zero-order valence-corrected chi connectivity index (χ0v) is 15.6. The monoisotopic (exact) mass is 398 g/mol. The van der Waals surface area contributed by atoms with Gasteiger partial charge in [-0.25, -0.2) is 9.07 Å². The third kappa shape index (κ3) is 3.25. The second-order valence-electron chi connectivity index (χ2n) is 6.51. The van der Waals surface area contributed by atoms with Crippen molar-refractivity contribution in [3.8, 4) is 11.3 Å². The molecule has 1 aliphatic heterocycles. The number of para-hydroxylation sites is 1. The van der Waals surface area contributed by atoms with Crippen molar-refractivity contribution in [2.75, 3.05) is 10.6 Å². The van der Waals surface area contributed by atoms with E-state index in [0.717, 1.165) is 0 Å². The maximum absolute atomic E-state index is 13.2. The van der Waals surface area contributed by atoms with E-state index < -0.39 is 11.9 Å². The van der Waals surface area contributed by atoms with Gasteiger partial charge in [0.05, 0.1) is 22.8 Å². The highest BCUT2D eigenvalue weighted by Crippen LogP contribution is 2.34. The first-order chi connectivity index (χ1) is 13.4. The normalized spacial score (nSPS) is 15.7. The number of carbonyl (C=O) groups excluding carboxylic acids is 2. The van der Waals surface area contributed by atoms with E-state index in [2.05, 4.69) is 15.7 Å². The summed E-state index contributed by atoms with van der Waals surface area (Å²) in [5, 5.41) is 10.5. The van der Waals surface area contributed by atoms with Crippen molar-refractivity contribution in [1.29, 1.82) is 0 Å². The van der Waals surface area contributed by atoms with E-state index in [1.165, 1.54) is 16.8 Å². The van der Waals surface area contributed by atoms with E-state index in [-0.39, 0.29) is 18.1 Å². The van der Waals surface area contributed by atoms with Gasteiger partial charge in [0.1, 0.15) is 17.7 Å². The van der Waals surface area contributed by atoms with E-state index in [0.29, 0.717) is 33.3 Å². The molecule has 3 aromatic rings. The molecule has 0 fully saturated rings. The second-order valence-corrected chi connectivity index (χ2v) is 6.92. The number of aromatic nitrogens is 2. The van der Waals surface area contributed by atoms with Gasteiger partial charge in [0.15, 0.2) is 0 Å². The van der Waals surface area contributed by atoms with Gasteiger partial charge in [-0.3, -0.25) is 9.59 Å². The Kier molecular flexibility index (Phi) is 4.60. The molecule has 4 rings (SSSR count). The molecule has 1 unspecified atom stereocenters. The standard InChI is InChI=1S/C20H16ClFN4O2/c1-11-18(12-6-8-13(22)9-7-12)25-26-16(10-17(27)24-19(11)26)20(28)23-15-5-3-2-4-14(15)21/h2-9,16H,10H2,1H3,(H,23,28)(H,24,27). The second kappa shape index (κ2) is 7.09. The number of benzene rings is 2. The number of hydrogen-bond donors (Lipinski definition) is 2. The number of nitrogens with zero attached hydrogens (tertiary/aromatic N) is 2. The lowest BCUT2D eigenvalue weighted by Crippen LogP contribution is -2.36. The van der Waals surface area contributed by atoms with Gasteiger partial charge in [-0.2, -0.15) is 5.10 Å². The first-order valence-corrected chi connectivity index (χ1v) is 9.02. The highest BCUT2D eigenvalue weighted by atomic mass is 35.5. The molecular formula is C20H16ClFN4O2. The Hall–Kier alpha value is -3.19. The summed E-state index contributed by atoms with van der Waals surface area (Å²) in [5.74, 6) is -0.566. The number of amides is 2. The molecule has 1 aromatic heterocycles. The number of rotatable bonds is 3. The number of nitrogens with one attached hydrogen (secondary N) is 2. The van der Waals surface area contributed by atoms with Gasteiger partial charge < -0.3 is 10.6 Å². The zero-order valence-electron chi connectivity index (χ0n) is 14.9. The Morgan fingerprint density at radius 3 is 2.68 bits per heavy atom. The molecular weight excluding hydrogens is 383 g/mol. The predicted molar refractivity (Wildman–Crippen MR) is 105 cm³/mol. The molecule has 0 aliphatic carbocycles. The maximum Gasteiger partial charge on any atom is 0.249 e. The van der Waals surface area contributed by atoms with Crippen LogP contribution in [0.1, 0.15) is 18.0 Å². The van der Waals surface area contributed by atoms with Crippen LogP contribution in [-0.4, -0.2) is 21.6 Å². The fourth-order valence-electron chi connectivity index (χ4n) is 3.20. The predicted octanol–water partition coefficient (Wildman–Crippen LogP) is 4.17. The van der Waals surface area contributed by atoms with Gasteiger partial charge in [-0.15, -0.1) is 0 Å². The van der Waals surface area contributed by atoms with E-state index >= 15 is 0 Å². The fraction of sp³-hybridized carbons (Fsp3) is 0.150. The first kappa shape index (κ1) is 18.2. The number of anilines is 2. The van der Waals surface area contributed by atoms with Crippen molar-refractivity contribution in [2.24, 2.45) is 0 Å². The van der Waals surface area contributed by atoms with Crippen molar-refractivity contribution in [3.05, 3.63) is 64.9 Å². The van der Waals surface area contributed by atoms with Crippen molar-refractivity contribution in [2.45, 2.75) is 19.4 Å². The van der Waals surface area contributed by atoms with Crippen molar-refractivity contribution >= 4 is 34.9 Å². The van der Waals surface area contributed by atoms with Crippen molar-refractivity contribution in [1.82, 2.24) is 9.78 Å². The summed E-state index contributed by atoms with van der Waals surface area (Å²) in [7, 11) is 0. The van der Waals surface area contributed by atoms with Crippen LogP contribution in [0.25, 0.3) is 11.3 Å². The van der Waals surface area contributed by atoms with Crippen LogP contribution in [0.15, 0.2) is 48.5 Å². The molecule has 8 heteroatoms. The largest absolute Gasteiger partial charge is 0.323 e. The molecule has 1 aliphatic rings. The summed E-state index contributed by atoms with van der Waals surface area (Å²) in [6.45, 7) is 1.80. The smallest absolute Gasteiger partial charge is 0.249 e. The third-order valence-electron chi connectivity index (χ3n) is 4.63. The SMILES string of the molecule is Cc1c(-c2ccc(F)cc2)nn2c1NC(=O)CC2C(=O)Nc1ccccc1Cl. The number of carbonyl (C=O) groups is 2. The molecule has 2 heterocycles. The van der Waals surface area contributed by atoms with Crippen LogP contribution >= 0.6 is 11.6 Å². The molecule has 6 nitrogen and oxygen atoms in total. The first-order valence-electron chi connectivity index (χ1n) is 8.64. The lowest BCUT2D eigenvalue weighted by atomic mass is 10.1. The maximum atomic E-state index is 13.2. The average Bonchev–Trinajstić information content (AvgIpc) is 3.00. The summed E-state index contributed by atoms with van der Waals surface area (Å²) >= 11 is 6.11. The molecule has 2 N–H and O–H groups in total. The van der Waals surface area contributed by atoms with Gasteiger partial charge in [0, 0.05) is 11.1 Å². The highest BCUT2D eigenvalue weighted by Gasteiger charge is 2.34. The van der Waals surface area contributed by atoms with Gasteiger partial charge in [0.2, 0.25) is 11.8 Å². The van der Waals surface area contributed by atoms with Crippen LogP contribution in [0, 0.1) is 12.7 Å². The Balaban J connectivity index is 1.71. The summed E-state index contributed by atoms with van der Waals surface area (Å²) in [4.78, 5) is 25.1. The summed E-state index contributed by atoms with van der Waals surface area (Å²) in [6, 6.07) is 11.9. The Morgan fingerprint density at radius 1 is 1.25 bits per heavy atom. The van der Waals surface area contributed by atoms with E-state index in [9.17, 15) is 14.0 Å².